The summed E-state index contributed by atoms with van der Waals surface area (Å²) in [6.07, 6.45) is 3.62. The lowest BCUT2D eigenvalue weighted by Gasteiger charge is -2.28. The second-order valence-corrected chi connectivity index (χ2v) is 7.09. The summed E-state index contributed by atoms with van der Waals surface area (Å²) in [5.41, 5.74) is 4.01. The molecule has 1 atom stereocenters. The topological polar surface area (TPSA) is 35.6 Å². The molecule has 2 aliphatic heterocycles. The lowest BCUT2D eigenvalue weighted by molar-refractivity contribution is -0.118. The molecule has 0 aromatic heterocycles. The van der Waals surface area contributed by atoms with Gasteiger partial charge in [-0.3, -0.25) is 9.69 Å². The van der Waals surface area contributed by atoms with E-state index in [1.165, 1.54) is 29.7 Å². The van der Waals surface area contributed by atoms with E-state index >= 15 is 0 Å². The molecule has 2 aromatic rings. The van der Waals surface area contributed by atoms with Crippen LogP contribution in [0.1, 0.15) is 24.0 Å². The highest BCUT2D eigenvalue weighted by atomic mass is 16.2. The van der Waals surface area contributed by atoms with Gasteiger partial charge in [-0.2, -0.15) is 0 Å². The van der Waals surface area contributed by atoms with Crippen molar-refractivity contribution in [2.24, 2.45) is 0 Å². The van der Waals surface area contributed by atoms with Crippen LogP contribution >= 0.6 is 0 Å². The molecule has 4 heteroatoms. The van der Waals surface area contributed by atoms with Crippen molar-refractivity contribution in [2.75, 3.05) is 24.7 Å². The maximum atomic E-state index is 11.4. The van der Waals surface area contributed by atoms with Gasteiger partial charge in [-0.25, -0.2) is 0 Å². The molecular weight excluding hydrogens is 310 g/mol. The number of hydrogen-bond donors (Lipinski definition) is 1. The Morgan fingerprint density at radius 2 is 1.88 bits per heavy atom. The summed E-state index contributed by atoms with van der Waals surface area (Å²) in [5.74, 6) is 0.124. The average Bonchev–Trinajstić information content (AvgIpc) is 3.25. The molecule has 25 heavy (non-hydrogen) atoms. The third-order valence-electron chi connectivity index (χ3n) is 5.21. The van der Waals surface area contributed by atoms with Gasteiger partial charge in [0.2, 0.25) is 5.91 Å². The van der Waals surface area contributed by atoms with Crippen LogP contribution in [-0.2, 0) is 17.8 Å². The van der Waals surface area contributed by atoms with E-state index in [2.05, 4.69) is 69.7 Å². The van der Waals surface area contributed by atoms with E-state index in [-0.39, 0.29) is 5.91 Å². The van der Waals surface area contributed by atoms with Gasteiger partial charge in [-0.15, -0.1) is 0 Å². The lowest BCUT2D eigenvalue weighted by atomic mass is 10.0. The van der Waals surface area contributed by atoms with E-state index < -0.39 is 0 Å². The molecule has 2 saturated heterocycles. The number of carbonyl (C=O) groups excluding carboxylic acids is 1. The Morgan fingerprint density at radius 3 is 2.68 bits per heavy atom. The summed E-state index contributed by atoms with van der Waals surface area (Å²) >= 11 is 0. The summed E-state index contributed by atoms with van der Waals surface area (Å²) in [5, 5.41) is 2.87. The number of rotatable bonds is 5. The first kappa shape index (κ1) is 16.2. The molecule has 0 aliphatic carbocycles. The molecule has 0 spiro atoms. The summed E-state index contributed by atoms with van der Waals surface area (Å²) in [6.45, 7) is 3.11. The number of anilines is 1. The Kier molecular flexibility index (Phi) is 4.70. The molecule has 0 radical (unpaired) electrons. The van der Waals surface area contributed by atoms with Crippen LogP contribution in [-0.4, -0.2) is 36.6 Å². The van der Waals surface area contributed by atoms with Crippen LogP contribution in [0.15, 0.2) is 54.6 Å². The zero-order valence-corrected chi connectivity index (χ0v) is 14.5. The smallest absolute Gasteiger partial charge is 0.235 e. The van der Waals surface area contributed by atoms with Gasteiger partial charge in [0.05, 0.1) is 13.2 Å². The fourth-order valence-corrected chi connectivity index (χ4v) is 3.99. The first-order valence-electron chi connectivity index (χ1n) is 9.16. The van der Waals surface area contributed by atoms with Crippen molar-refractivity contribution in [3.63, 3.8) is 0 Å². The highest BCUT2D eigenvalue weighted by molar-refractivity contribution is 5.79. The number of amides is 1. The number of nitrogens with one attached hydrogen (secondary N) is 1. The highest BCUT2D eigenvalue weighted by Crippen LogP contribution is 2.28. The van der Waals surface area contributed by atoms with E-state index in [9.17, 15) is 4.79 Å². The van der Waals surface area contributed by atoms with Gasteiger partial charge < -0.3 is 10.2 Å². The van der Waals surface area contributed by atoms with E-state index in [0.29, 0.717) is 19.3 Å². The van der Waals surface area contributed by atoms with Gasteiger partial charge >= 0.3 is 0 Å². The monoisotopic (exact) mass is 335 g/mol. The maximum Gasteiger partial charge on any atom is 0.235 e. The van der Waals surface area contributed by atoms with Crippen LogP contribution in [0, 0.1) is 0 Å². The molecule has 2 heterocycles. The molecule has 1 amide bonds. The molecule has 2 aliphatic rings. The van der Waals surface area contributed by atoms with Crippen LogP contribution in [0.4, 0.5) is 5.69 Å². The molecule has 0 saturated carbocycles. The van der Waals surface area contributed by atoms with Crippen molar-refractivity contribution in [2.45, 2.75) is 31.8 Å². The first-order chi connectivity index (χ1) is 12.3. The standard InChI is InChI=1S/C21H25N3O/c25-21-15-23(16-22-21)14-18-8-4-9-19(13-18)24-11-5-10-20(24)12-17-6-2-1-3-7-17/h1-4,6-9,13,20H,5,10-12,14-16H2,(H,22,25)/t20-/m0/s1. The summed E-state index contributed by atoms with van der Waals surface area (Å²) in [4.78, 5) is 16.1. The van der Waals surface area contributed by atoms with E-state index in [0.717, 1.165) is 19.5 Å². The molecular formula is C21H25N3O. The van der Waals surface area contributed by atoms with Crippen molar-refractivity contribution in [3.05, 3.63) is 65.7 Å². The van der Waals surface area contributed by atoms with Gasteiger partial charge in [0.15, 0.2) is 0 Å². The van der Waals surface area contributed by atoms with Gasteiger partial charge in [-0.1, -0.05) is 42.5 Å². The molecule has 0 unspecified atom stereocenters. The third kappa shape index (κ3) is 3.85. The molecule has 2 fully saturated rings. The van der Waals surface area contributed by atoms with Gasteiger partial charge in [0.25, 0.3) is 0 Å². The molecule has 4 rings (SSSR count). The van der Waals surface area contributed by atoms with Crippen molar-refractivity contribution in [1.82, 2.24) is 10.2 Å². The van der Waals surface area contributed by atoms with Gasteiger partial charge in [0.1, 0.15) is 0 Å². The Balaban J connectivity index is 1.46. The van der Waals surface area contributed by atoms with Crippen LogP contribution in [0.2, 0.25) is 0 Å². The molecule has 0 bridgehead atoms. The second kappa shape index (κ2) is 7.28. The Morgan fingerprint density at radius 1 is 1.04 bits per heavy atom. The van der Waals surface area contributed by atoms with Crippen LogP contribution in [0.3, 0.4) is 0 Å². The normalized spacial score (nSPS) is 20.9. The first-order valence-corrected chi connectivity index (χ1v) is 9.16. The van der Waals surface area contributed by atoms with Crippen molar-refractivity contribution in [3.8, 4) is 0 Å². The highest BCUT2D eigenvalue weighted by Gasteiger charge is 2.25. The third-order valence-corrected chi connectivity index (χ3v) is 5.21. The van der Waals surface area contributed by atoms with Gasteiger partial charge in [-0.05, 0) is 42.5 Å². The number of carbonyl (C=O) groups is 1. The van der Waals surface area contributed by atoms with Gasteiger partial charge in [0, 0.05) is 24.8 Å². The number of hydrogen-bond acceptors (Lipinski definition) is 3. The Bertz CT molecular complexity index is 731. The largest absolute Gasteiger partial charge is 0.368 e. The van der Waals surface area contributed by atoms with E-state index in [1.54, 1.807) is 0 Å². The molecule has 1 N–H and O–H groups in total. The Hall–Kier alpha value is -2.33. The number of benzene rings is 2. The predicted octanol–water partition coefficient (Wildman–Crippen LogP) is 2.79. The maximum absolute atomic E-state index is 11.4. The molecule has 4 nitrogen and oxygen atoms in total. The lowest BCUT2D eigenvalue weighted by Crippen LogP contribution is -2.31. The van der Waals surface area contributed by atoms with E-state index in [4.69, 9.17) is 0 Å². The minimum Gasteiger partial charge on any atom is -0.368 e. The average molecular weight is 335 g/mol. The zero-order valence-electron chi connectivity index (χ0n) is 14.5. The summed E-state index contributed by atoms with van der Waals surface area (Å²) in [6, 6.07) is 20.2. The van der Waals surface area contributed by atoms with Crippen LogP contribution < -0.4 is 10.2 Å². The predicted molar refractivity (Wildman–Crippen MR) is 100 cm³/mol. The SMILES string of the molecule is O=C1CN(Cc2cccc(N3CCC[C@H]3Cc3ccccc3)c2)CN1. The Labute approximate surface area is 149 Å². The van der Waals surface area contributed by atoms with Crippen LogP contribution in [0.5, 0.6) is 0 Å². The fourth-order valence-electron chi connectivity index (χ4n) is 3.99. The summed E-state index contributed by atoms with van der Waals surface area (Å²) < 4.78 is 0. The summed E-state index contributed by atoms with van der Waals surface area (Å²) in [7, 11) is 0. The van der Waals surface area contributed by atoms with Crippen molar-refractivity contribution in [1.29, 1.82) is 0 Å². The van der Waals surface area contributed by atoms with Crippen molar-refractivity contribution >= 4 is 11.6 Å². The molecule has 2 aromatic carbocycles. The van der Waals surface area contributed by atoms with E-state index in [1.807, 2.05) is 0 Å². The number of nitrogens with zero attached hydrogens (tertiary/aromatic N) is 2. The zero-order chi connectivity index (χ0) is 17.1. The van der Waals surface area contributed by atoms with Crippen molar-refractivity contribution < 1.29 is 4.79 Å². The quantitative estimate of drug-likeness (QED) is 0.913. The fraction of sp³-hybridized carbons (Fsp3) is 0.381. The van der Waals surface area contributed by atoms with Crippen LogP contribution in [0.25, 0.3) is 0 Å². The molecule has 130 valence electrons. The minimum atomic E-state index is 0.124. The second-order valence-electron chi connectivity index (χ2n) is 7.09. The minimum absolute atomic E-state index is 0.124.